The number of likely N-dealkylation sites (N-methyl/N-ethyl adjacent to an activating group) is 1. The number of nitrogens with zero attached hydrogens (tertiary/aromatic N) is 1. The second-order valence-electron chi connectivity index (χ2n) is 7.84. The zero-order valence-corrected chi connectivity index (χ0v) is 19.0. The maximum absolute atomic E-state index is 10.3. The highest BCUT2D eigenvalue weighted by Gasteiger charge is 2.13. The molecular formula is C24H32N2O3S. The minimum atomic E-state index is -0.558. The van der Waals surface area contributed by atoms with Gasteiger partial charge in [-0.2, -0.15) is 0 Å². The maximum atomic E-state index is 10.3. The lowest BCUT2D eigenvalue weighted by molar-refractivity contribution is 0.0668. The molecule has 1 heterocycles. The van der Waals surface area contributed by atoms with Crippen LogP contribution in [0.2, 0.25) is 0 Å². The lowest BCUT2D eigenvalue weighted by Gasteiger charge is -2.24. The van der Waals surface area contributed by atoms with E-state index in [4.69, 9.17) is 9.47 Å². The molecule has 0 aliphatic heterocycles. The molecule has 2 N–H and O–H groups in total. The molecule has 1 atom stereocenters. The molecule has 0 bridgehead atoms. The van der Waals surface area contributed by atoms with Crippen LogP contribution in [0.1, 0.15) is 24.3 Å². The molecule has 0 aliphatic rings. The van der Waals surface area contributed by atoms with Crippen LogP contribution in [-0.4, -0.2) is 49.5 Å². The summed E-state index contributed by atoms with van der Waals surface area (Å²) < 4.78 is 12.6. The molecule has 1 unspecified atom stereocenters. The zero-order valence-electron chi connectivity index (χ0n) is 18.2. The highest BCUT2D eigenvalue weighted by Crippen LogP contribution is 2.29. The fraction of sp³-hybridized carbons (Fsp3) is 0.417. The Hall–Kier alpha value is -2.12. The molecular weight excluding hydrogens is 396 g/mol. The number of nitrogens with one attached hydrogen (secondary N) is 1. The third-order valence-corrected chi connectivity index (χ3v) is 6.26. The topological polar surface area (TPSA) is 54.0 Å². The standard InChI is InChI=1S/C24H32N2O3S/c1-17(2)26(3)15-20(27)16-29-23-11-18(9-10-22(23)28-4)13-25-14-21-12-19-7-5-6-8-24(19)30-21/h5-12,17,20,25,27H,13-16H2,1-4H3. The van der Waals surface area contributed by atoms with Crippen LogP contribution in [0.4, 0.5) is 0 Å². The number of hydrogen-bond acceptors (Lipinski definition) is 6. The fourth-order valence-corrected chi connectivity index (χ4v) is 4.21. The molecule has 0 spiro atoms. The largest absolute Gasteiger partial charge is 0.493 e. The maximum Gasteiger partial charge on any atom is 0.161 e. The Morgan fingerprint density at radius 3 is 2.60 bits per heavy atom. The lowest BCUT2D eigenvalue weighted by Crippen LogP contribution is -2.37. The summed E-state index contributed by atoms with van der Waals surface area (Å²) in [4.78, 5) is 3.41. The van der Waals surface area contributed by atoms with Crippen molar-refractivity contribution in [1.29, 1.82) is 0 Å². The Bertz CT molecular complexity index is 908. The third-order valence-electron chi connectivity index (χ3n) is 5.14. The van der Waals surface area contributed by atoms with Crippen LogP contribution in [0.25, 0.3) is 10.1 Å². The molecule has 6 heteroatoms. The normalized spacial score (nSPS) is 12.6. The summed E-state index contributed by atoms with van der Waals surface area (Å²) in [6, 6.07) is 17.0. The molecule has 0 fully saturated rings. The van der Waals surface area contributed by atoms with Gasteiger partial charge in [0.1, 0.15) is 12.7 Å². The summed E-state index contributed by atoms with van der Waals surface area (Å²) in [5.41, 5.74) is 1.11. The van der Waals surface area contributed by atoms with Gasteiger partial charge in [0.15, 0.2) is 11.5 Å². The number of aliphatic hydroxyl groups excluding tert-OH is 1. The number of rotatable bonds is 11. The summed E-state index contributed by atoms with van der Waals surface area (Å²) in [6.45, 7) is 6.55. The molecule has 30 heavy (non-hydrogen) atoms. The van der Waals surface area contributed by atoms with E-state index in [0.29, 0.717) is 24.1 Å². The minimum Gasteiger partial charge on any atom is -0.493 e. The van der Waals surface area contributed by atoms with Gasteiger partial charge in [0, 0.05) is 35.3 Å². The fourth-order valence-electron chi connectivity index (χ4n) is 3.18. The van der Waals surface area contributed by atoms with Gasteiger partial charge >= 0.3 is 0 Å². The van der Waals surface area contributed by atoms with Crippen molar-refractivity contribution in [2.75, 3.05) is 27.3 Å². The SMILES string of the molecule is COc1ccc(CNCc2cc3ccccc3s2)cc1OCC(O)CN(C)C(C)C. The Labute approximate surface area is 183 Å². The van der Waals surface area contributed by atoms with E-state index in [1.807, 2.05) is 36.6 Å². The van der Waals surface area contributed by atoms with Crippen molar-refractivity contribution in [2.24, 2.45) is 0 Å². The van der Waals surface area contributed by atoms with E-state index in [1.165, 1.54) is 15.0 Å². The first-order valence-electron chi connectivity index (χ1n) is 10.3. The molecule has 3 rings (SSSR count). The molecule has 5 nitrogen and oxygen atoms in total. The highest BCUT2D eigenvalue weighted by molar-refractivity contribution is 7.19. The van der Waals surface area contributed by atoms with Crippen LogP contribution < -0.4 is 14.8 Å². The number of benzene rings is 2. The van der Waals surface area contributed by atoms with Gasteiger partial charge < -0.3 is 24.8 Å². The van der Waals surface area contributed by atoms with E-state index in [-0.39, 0.29) is 6.61 Å². The monoisotopic (exact) mass is 428 g/mol. The van der Waals surface area contributed by atoms with Crippen LogP contribution in [0.15, 0.2) is 48.5 Å². The molecule has 0 saturated carbocycles. The van der Waals surface area contributed by atoms with E-state index in [0.717, 1.165) is 18.7 Å². The van der Waals surface area contributed by atoms with Gasteiger partial charge in [-0.3, -0.25) is 0 Å². The van der Waals surface area contributed by atoms with Crippen LogP contribution in [0.3, 0.4) is 0 Å². The molecule has 0 amide bonds. The molecule has 2 aromatic carbocycles. The Morgan fingerprint density at radius 2 is 1.87 bits per heavy atom. The van der Waals surface area contributed by atoms with Crippen LogP contribution in [-0.2, 0) is 13.1 Å². The quantitative estimate of drug-likeness (QED) is 0.477. The zero-order chi connectivity index (χ0) is 21.5. The van der Waals surface area contributed by atoms with Crippen LogP contribution >= 0.6 is 11.3 Å². The average Bonchev–Trinajstić information content (AvgIpc) is 3.15. The third kappa shape index (κ3) is 6.19. The Kier molecular flexibility index (Phi) is 8.10. The van der Waals surface area contributed by atoms with Gasteiger partial charge in [-0.05, 0) is 56.1 Å². The van der Waals surface area contributed by atoms with E-state index < -0.39 is 6.10 Å². The van der Waals surface area contributed by atoms with Gasteiger partial charge in [0.25, 0.3) is 0 Å². The molecule has 0 aliphatic carbocycles. The summed E-state index contributed by atoms with van der Waals surface area (Å²) in [5, 5.41) is 15.1. The second kappa shape index (κ2) is 10.8. The molecule has 0 saturated heterocycles. The molecule has 3 aromatic rings. The van der Waals surface area contributed by atoms with Crippen molar-refractivity contribution >= 4 is 21.4 Å². The van der Waals surface area contributed by atoms with Gasteiger partial charge in [0.05, 0.1) is 7.11 Å². The minimum absolute atomic E-state index is 0.228. The van der Waals surface area contributed by atoms with Crippen molar-refractivity contribution in [2.45, 2.75) is 39.1 Å². The number of ether oxygens (including phenoxy) is 2. The van der Waals surface area contributed by atoms with Gasteiger partial charge in [-0.1, -0.05) is 24.3 Å². The van der Waals surface area contributed by atoms with Crippen LogP contribution in [0, 0.1) is 0 Å². The number of fused-ring (bicyclic) bond motifs is 1. The Balaban J connectivity index is 1.55. The smallest absolute Gasteiger partial charge is 0.161 e. The molecule has 162 valence electrons. The molecule has 1 aromatic heterocycles. The number of hydrogen-bond donors (Lipinski definition) is 2. The van der Waals surface area contributed by atoms with Gasteiger partial charge in [-0.15, -0.1) is 11.3 Å². The van der Waals surface area contributed by atoms with Gasteiger partial charge in [0.2, 0.25) is 0 Å². The summed E-state index contributed by atoms with van der Waals surface area (Å²) >= 11 is 1.82. The van der Waals surface area contributed by atoms with Crippen LogP contribution in [0.5, 0.6) is 11.5 Å². The number of methoxy groups -OCH3 is 1. The van der Waals surface area contributed by atoms with Crippen molar-refractivity contribution in [3.63, 3.8) is 0 Å². The second-order valence-corrected chi connectivity index (χ2v) is 9.01. The predicted molar refractivity (Wildman–Crippen MR) is 125 cm³/mol. The first-order chi connectivity index (χ1) is 14.5. The first-order valence-corrected chi connectivity index (χ1v) is 11.1. The van der Waals surface area contributed by atoms with Crippen molar-refractivity contribution in [1.82, 2.24) is 10.2 Å². The predicted octanol–water partition coefficient (Wildman–Crippen LogP) is 4.28. The molecule has 0 radical (unpaired) electrons. The first kappa shape index (κ1) is 22.6. The van der Waals surface area contributed by atoms with E-state index in [2.05, 4.69) is 54.4 Å². The lowest BCUT2D eigenvalue weighted by atomic mass is 10.2. The van der Waals surface area contributed by atoms with E-state index in [1.54, 1.807) is 7.11 Å². The summed E-state index contributed by atoms with van der Waals surface area (Å²) in [7, 11) is 3.63. The number of thiophene rings is 1. The van der Waals surface area contributed by atoms with E-state index >= 15 is 0 Å². The summed E-state index contributed by atoms with van der Waals surface area (Å²) in [6.07, 6.45) is -0.558. The Morgan fingerprint density at radius 1 is 1.07 bits per heavy atom. The van der Waals surface area contributed by atoms with Crippen molar-refractivity contribution in [3.8, 4) is 11.5 Å². The summed E-state index contributed by atoms with van der Waals surface area (Å²) in [5.74, 6) is 1.33. The van der Waals surface area contributed by atoms with Gasteiger partial charge in [-0.25, -0.2) is 0 Å². The van der Waals surface area contributed by atoms with E-state index in [9.17, 15) is 5.11 Å². The highest BCUT2D eigenvalue weighted by atomic mass is 32.1. The number of aliphatic hydroxyl groups is 1. The average molecular weight is 429 g/mol. The van der Waals surface area contributed by atoms with Crippen molar-refractivity contribution in [3.05, 3.63) is 59.0 Å². The van der Waals surface area contributed by atoms with Crippen molar-refractivity contribution < 1.29 is 14.6 Å².